The SMILES string of the molecule is O=C(O)CCCSc1c(O)c2ccc(Cl)cc2[nH]c1=O. The van der Waals surface area contributed by atoms with E-state index in [0.29, 0.717) is 28.1 Å². The number of aromatic nitrogens is 1. The molecule has 0 aliphatic carbocycles. The highest BCUT2D eigenvalue weighted by atomic mass is 35.5. The molecule has 0 fully saturated rings. The molecule has 0 unspecified atom stereocenters. The van der Waals surface area contributed by atoms with Crippen LogP contribution in [0.4, 0.5) is 0 Å². The minimum absolute atomic E-state index is 0.0366. The Hall–Kier alpha value is -1.66. The Morgan fingerprint density at radius 2 is 2.15 bits per heavy atom. The van der Waals surface area contributed by atoms with Crippen molar-refractivity contribution in [1.29, 1.82) is 0 Å². The average Bonchev–Trinajstić information content (AvgIpc) is 2.36. The van der Waals surface area contributed by atoms with Gasteiger partial charge in [0.15, 0.2) is 0 Å². The minimum atomic E-state index is -0.878. The number of rotatable bonds is 5. The van der Waals surface area contributed by atoms with Crippen molar-refractivity contribution >= 4 is 40.2 Å². The summed E-state index contributed by atoms with van der Waals surface area (Å²) in [6.07, 6.45) is 0.465. The van der Waals surface area contributed by atoms with Crippen molar-refractivity contribution in [3.63, 3.8) is 0 Å². The topological polar surface area (TPSA) is 90.4 Å². The lowest BCUT2D eigenvalue weighted by molar-refractivity contribution is -0.137. The molecule has 1 aromatic carbocycles. The van der Waals surface area contributed by atoms with E-state index in [-0.39, 0.29) is 17.1 Å². The number of aromatic hydroxyl groups is 1. The van der Waals surface area contributed by atoms with Gasteiger partial charge in [-0.25, -0.2) is 0 Å². The fraction of sp³-hybridized carbons (Fsp3) is 0.231. The fourth-order valence-electron chi connectivity index (χ4n) is 1.77. The molecule has 2 aromatic rings. The normalized spacial score (nSPS) is 10.8. The van der Waals surface area contributed by atoms with E-state index < -0.39 is 11.5 Å². The van der Waals surface area contributed by atoms with Crippen molar-refractivity contribution in [3.8, 4) is 5.75 Å². The first kappa shape index (κ1) is 14.7. The monoisotopic (exact) mass is 313 g/mol. The summed E-state index contributed by atoms with van der Waals surface area (Å²) >= 11 is 6.98. The van der Waals surface area contributed by atoms with E-state index in [1.54, 1.807) is 18.2 Å². The van der Waals surface area contributed by atoms with Gasteiger partial charge in [0, 0.05) is 16.8 Å². The molecule has 0 aliphatic rings. The standard InChI is InChI=1S/C13H12ClNO4S/c14-7-3-4-8-9(6-7)15-13(19)12(11(8)18)20-5-1-2-10(16)17/h3-4,6H,1-2,5H2,(H,16,17)(H2,15,18,19). The summed E-state index contributed by atoms with van der Waals surface area (Å²) < 4.78 is 0. The number of benzene rings is 1. The van der Waals surface area contributed by atoms with Gasteiger partial charge < -0.3 is 15.2 Å². The van der Waals surface area contributed by atoms with Gasteiger partial charge in [-0.1, -0.05) is 11.6 Å². The van der Waals surface area contributed by atoms with E-state index in [2.05, 4.69) is 4.98 Å². The number of carbonyl (C=O) groups is 1. The van der Waals surface area contributed by atoms with Crippen LogP contribution in [-0.4, -0.2) is 26.9 Å². The van der Waals surface area contributed by atoms with Gasteiger partial charge in [0.2, 0.25) is 0 Å². The van der Waals surface area contributed by atoms with Crippen LogP contribution >= 0.6 is 23.4 Å². The highest BCUT2D eigenvalue weighted by molar-refractivity contribution is 7.99. The van der Waals surface area contributed by atoms with Gasteiger partial charge in [0.1, 0.15) is 10.6 Å². The fourth-order valence-corrected chi connectivity index (χ4v) is 2.86. The number of carboxylic acid groups (broad SMARTS) is 1. The lowest BCUT2D eigenvalue weighted by atomic mass is 10.2. The first-order valence-electron chi connectivity index (χ1n) is 5.88. The highest BCUT2D eigenvalue weighted by Crippen LogP contribution is 2.32. The van der Waals surface area contributed by atoms with Crippen LogP contribution in [0.15, 0.2) is 27.9 Å². The first-order valence-corrected chi connectivity index (χ1v) is 7.24. The highest BCUT2D eigenvalue weighted by Gasteiger charge is 2.12. The largest absolute Gasteiger partial charge is 0.506 e. The van der Waals surface area contributed by atoms with Gasteiger partial charge >= 0.3 is 5.97 Å². The Morgan fingerprint density at radius 1 is 1.40 bits per heavy atom. The Labute approximate surface area is 123 Å². The van der Waals surface area contributed by atoms with Crippen molar-refractivity contribution in [3.05, 3.63) is 33.6 Å². The molecule has 0 atom stereocenters. The van der Waals surface area contributed by atoms with Crippen LogP contribution in [0.3, 0.4) is 0 Å². The third-order valence-electron chi connectivity index (χ3n) is 2.69. The molecule has 3 N–H and O–H groups in total. The molecule has 2 rings (SSSR count). The second-order valence-electron chi connectivity index (χ2n) is 4.17. The summed E-state index contributed by atoms with van der Waals surface area (Å²) in [5, 5.41) is 19.7. The molecule has 5 nitrogen and oxygen atoms in total. The van der Waals surface area contributed by atoms with Gasteiger partial charge in [-0.15, -0.1) is 11.8 Å². The maximum Gasteiger partial charge on any atom is 0.303 e. The number of thioether (sulfide) groups is 1. The molecule has 0 spiro atoms. The number of pyridine rings is 1. The first-order chi connectivity index (χ1) is 9.49. The van der Waals surface area contributed by atoms with Gasteiger partial charge in [-0.3, -0.25) is 9.59 Å². The number of aromatic amines is 1. The van der Waals surface area contributed by atoms with Crippen LogP contribution in [0.5, 0.6) is 5.75 Å². The van der Waals surface area contributed by atoms with Crippen LogP contribution in [0.1, 0.15) is 12.8 Å². The van der Waals surface area contributed by atoms with E-state index in [4.69, 9.17) is 16.7 Å². The van der Waals surface area contributed by atoms with Crippen LogP contribution in [-0.2, 0) is 4.79 Å². The predicted molar refractivity (Wildman–Crippen MR) is 78.8 cm³/mol. The second kappa shape index (κ2) is 6.19. The van der Waals surface area contributed by atoms with Crippen molar-refractivity contribution in [1.82, 2.24) is 4.98 Å². The summed E-state index contributed by atoms with van der Waals surface area (Å²) in [6.45, 7) is 0. The minimum Gasteiger partial charge on any atom is -0.506 e. The molecule has 1 aromatic heterocycles. The molecule has 0 radical (unpaired) electrons. The average molecular weight is 314 g/mol. The third-order valence-corrected chi connectivity index (χ3v) is 4.08. The molecule has 1 heterocycles. The number of fused-ring (bicyclic) bond motifs is 1. The molecule has 106 valence electrons. The number of halogens is 1. The van der Waals surface area contributed by atoms with E-state index in [9.17, 15) is 14.7 Å². The third kappa shape index (κ3) is 3.26. The molecule has 7 heteroatoms. The van der Waals surface area contributed by atoms with E-state index in [0.717, 1.165) is 11.8 Å². The maximum absolute atomic E-state index is 11.9. The zero-order valence-corrected chi connectivity index (χ0v) is 11.9. The number of carboxylic acids is 1. The second-order valence-corrected chi connectivity index (χ2v) is 5.71. The Kier molecular flexibility index (Phi) is 4.57. The molecular weight excluding hydrogens is 302 g/mol. The number of hydrogen-bond donors (Lipinski definition) is 3. The van der Waals surface area contributed by atoms with Gasteiger partial charge in [0.05, 0.1) is 5.52 Å². The number of nitrogens with one attached hydrogen (secondary N) is 1. The molecule has 0 aliphatic heterocycles. The van der Waals surface area contributed by atoms with Crippen LogP contribution in [0, 0.1) is 0 Å². The summed E-state index contributed by atoms with van der Waals surface area (Å²) in [5.41, 5.74) is 0.0625. The van der Waals surface area contributed by atoms with E-state index >= 15 is 0 Å². The van der Waals surface area contributed by atoms with Crippen molar-refractivity contribution < 1.29 is 15.0 Å². The summed E-state index contributed by atoms with van der Waals surface area (Å²) in [6, 6.07) is 4.82. The summed E-state index contributed by atoms with van der Waals surface area (Å²) in [5.74, 6) is -0.528. The number of H-pyrrole nitrogens is 1. The van der Waals surface area contributed by atoms with Crippen LogP contribution in [0.2, 0.25) is 5.02 Å². The lowest BCUT2D eigenvalue weighted by Crippen LogP contribution is -2.09. The Balaban J connectivity index is 2.27. The summed E-state index contributed by atoms with van der Waals surface area (Å²) in [7, 11) is 0. The molecule has 0 amide bonds. The molecule has 0 saturated heterocycles. The van der Waals surface area contributed by atoms with Crippen LogP contribution < -0.4 is 5.56 Å². The number of hydrogen-bond acceptors (Lipinski definition) is 4. The molecule has 0 saturated carbocycles. The summed E-state index contributed by atoms with van der Waals surface area (Å²) in [4.78, 5) is 25.2. The quantitative estimate of drug-likeness (QED) is 0.583. The van der Waals surface area contributed by atoms with Crippen molar-refractivity contribution in [2.45, 2.75) is 17.7 Å². The smallest absolute Gasteiger partial charge is 0.303 e. The Bertz CT molecular complexity index is 713. The van der Waals surface area contributed by atoms with Gasteiger partial charge in [-0.2, -0.15) is 0 Å². The van der Waals surface area contributed by atoms with Crippen molar-refractivity contribution in [2.75, 3.05) is 5.75 Å². The van der Waals surface area contributed by atoms with Gasteiger partial charge in [-0.05, 0) is 30.4 Å². The Morgan fingerprint density at radius 3 is 2.85 bits per heavy atom. The van der Waals surface area contributed by atoms with Crippen molar-refractivity contribution in [2.24, 2.45) is 0 Å². The van der Waals surface area contributed by atoms with E-state index in [1.807, 2.05) is 0 Å². The molecule has 0 bridgehead atoms. The van der Waals surface area contributed by atoms with Gasteiger partial charge in [0.25, 0.3) is 5.56 Å². The molecule has 20 heavy (non-hydrogen) atoms. The zero-order valence-electron chi connectivity index (χ0n) is 10.4. The molecular formula is C13H12ClNO4S. The van der Waals surface area contributed by atoms with Crippen LogP contribution in [0.25, 0.3) is 10.9 Å². The number of aliphatic carboxylic acids is 1. The lowest BCUT2D eigenvalue weighted by Gasteiger charge is -2.07. The predicted octanol–water partition coefficient (Wildman–Crippen LogP) is 2.84. The maximum atomic E-state index is 11.9. The van der Waals surface area contributed by atoms with E-state index in [1.165, 1.54) is 0 Å². The zero-order chi connectivity index (χ0) is 14.7.